The van der Waals surface area contributed by atoms with E-state index < -0.39 is 5.97 Å². The number of hydrogen-bond donors (Lipinski definition) is 2. The van der Waals surface area contributed by atoms with E-state index in [0.717, 1.165) is 16.5 Å². The molecule has 0 aliphatic heterocycles. The van der Waals surface area contributed by atoms with E-state index in [9.17, 15) is 9.90 Å². The van der Waals surface area contributed by atoms with Gasteiger partial charge in [-0.05, 0) is 12.1 Å². The van der Waals surface area contributed by atoms with Crippen LogP contribution in [0, 0.1) is 0 Å². The molecule has 0 bridgehead atoms. The lowest BCUT2D eigenvalue weighted by molar-refractivity contribution is 0.0698. The summed E-state index contributed by atoms with van der Waals surface area (Å²) in [6.07, 6.45) is 3.41. The highest BCUT2D eigenvalue weighted by atomic mass is 16.4. The van der Waals surface area contributed by atoms with Gasteiger partial charge in [-0.2, -0.15) is 4.98 Å². The summed E-state index contributed by atoms with van der Waals surface area (Å²) in [4.78, 5) is 19.9. The molecule has 0 aliphatic carbocycles. The van der Waals surface area contributed by atoms with Gasteiger partial charge in [0.05, 0.1) is 5.52 Å². The van der Waals surface area contributed by atoms with Gasteiger partial charge in [0.1, 0.15) is 5.56 Å². The number of carboxylic acids is 1. The van der Waals surface area contributed by atoms with Crippen LogP contribution in [0.1, 0.15) is 10.4 Å². The second-order valence-corrected chi connectivity index (χ2v) is 5.07. The molecule has 23 heavy (non-hydrogen) atoms. The molecule has 7 nitrogen and oxygen atoms in total. The number of rotatable bonds is 2. The number of aromatic nitrogens is 4. The van der Waals surface area contributed by atoms with Crippen molar-refractivity contribution in [2.45, 2.75) is 0 Å². The number of para-hydroxylation sites is 1. The fourth-order valence-corrected chi connectivity index (χ4v) is 2.64. The molecule has 0 amide bonds. The van der Waals surface area contributed by atoms with Crippen molar-refractivity contribution < 1.29 is 9.90 Å². The molecule has 0 spiro atoms. The Morgan fingerprint density at radius 1 is 1.22 bits per heavy atom. The minimum Gasteiger partial charge on any atom is -0.478 e. The first-order valence-corrected chi connectivity index (χ1v) is 6.87. The normalized spacial score (nSPS) is 11.1. The van der Waals surface area contributed by atoms with Gasteiger partial charge < -0.3 is 10.8 Å². The lowest BCUT2D eigenvalue weighted by Crippen LogP contribution is -2.02. The van der Waals surface area contributed by atoms with Crippen molar-refractivity contribution in [2.24, 2.45) is 0 Å². The standard InChI is InChI=1S/C16H11N5O2/c17-16-19-14-12(15(22)23)7-10(8-21(14)20-16)11-5-1-3-9-4-2-6-18-13(9)11/h1-8H,(H2,17,20)(H,22,23). The first-order chi connectivity index (χ1) is 11.1. The zero-order valence-electron chi connectivity index (χ0n) is 11.8. The first kappa shape index (κ1) is 13.2. The molecule has 0 unspecified atom stereocenters. The van der Waals surface area contributed by atoms with E-state index in [1.54, 1.807) is 18.5 Å². The minimum absolute atomic E-state index is 0.0284. The number of aromatic carboxylic acids is 1. The molecule has 1 aromatic carbocycles. The van der Waals surface area contributed by atoms with E-state index >= 15 is 0 Å². The third-order valence-electron chi connectivity index (χ3n) is 3.62. The quantitative estimate of drug-likeness (QED) is 0.588. The fraction of sp³-hybridized carbons (Fsp3) is 0. The molecule has 3 N–H and O–H groups in total. The van der Waals surface area contributed by atoms with Gasteiger partial charge in [-0.1, -0.05) is 24.3 Å². The predicted molar refractivity (Wildman–Crippen MR) is 85.1 cm³/mol. The summed E-state index contributed by atoms with van der Waals surface area (Å²) in [5.74, 6) is -1.06. The molecule has 7 heteroatoms. The lowest BCUT2D eigenvalue weighted by Gasteiger charge is -2.07. The second-order valence-electron chi connectivity index (χ2n) is 5.07. The van der Waals surface area contributed by atoms with E-state index in [4.69, 9.17) is 5.73 Å². The number of pyridine rings is 2. The SMILES string of the molecule is Nc1nc2c(C(=O)O)cc(-c3cccc4cccnc34)cn2n1. The van der Waals surface area contributed by atoms with Crippen molar-refractivity contribution in [2.75, 3.05) is 5.73 Å². The van der Waals surface area contributed by atoms with Gasteiger partial charge >= 0.3 is 5.97 Å². The van der Waals surface area contributed by atoms with E-state index in [2.05, 4.69) is 15.1 Å². The van der Waals surface area contributed by atoms with Crippen molar-refractivity contribution in [3.05, 3.63) is 54.4 Å². The molecule has 0 fully saturated rings. The summed E-state index contributed by atoms with van der Waals surface area (Å²) in [5.41, 5.74) is 8.14. The number of benzene rings is 1. The Morgan fingerprint density at radius 3 is 2.87 bits per heavy atom. The van der Waals surface area contributed by atoms with Crippen LogP contribution in [0.3, 0.4) is 0 Å². The molecule has 3 heterocycles. The number of fused-ring (bicyclic) bond motifs is 2. The largest absolute Gasteiger partial charge is 0.478 e. The molecule has 0 saturated carbocycles. The molecule has 112 valence electrons. The van der Waals surface area contributed by atoms with Gasteiger partial charge in [-0.3, -0.25) is 4.98 Å². The third kappa shape index (κ3) is 2.06. The van der Waals surface area contributed by atoms with Crippen molar-refractivity contribution in [3.63, 3.8) is 0 Å². The van der Waals surface area contributed by atoms with Crippen LogP contribution in [0.4, 0.5) is 5.95 Å². The summed E-state index contributed by atoms with van der Waals surface area (Å²) in [6, 6.07) is 11.1. The molecule has 0 aliphatic rings. The van der Waals surface area contributed by atoms with E-state index in [-0.39, 0.29) is 17.2 Å². The predicted octanol–water partition coefficient (Wildman–Crippen LogP) is 2.22. The van der Waals surface area contributed by atoms with Crippen molar-refractivity contribution in [1.29, 1.82) is 0 Å². The molecule has 0 saturated heterocycles. The zero-order valence-corrected chi connectivity index (χ0v) is 11.8. The highest BCUT2D eigenvalue weighted by Crippen LogP contribution is 2.28. The maximum atomic E-state index is 11.5. The summed E-state index contributed by atoms with van der Waals surface area (Å²) in [5, 5.41) is 14.4. The van der Waals surface area contributed by atoms with Crippen LogP contribution in [0.5, 0.6) is 0 Å². The second kappa shape index (κ2) is 4.77. The first-order valence-electron chi connectivity index (χ1n) is 6.87. The summed E-state index contributed by atoms with van der Waals surface area (Å²) < 4.78 is 1.38. The van der Waals surface area contributed by atoms with E-state index in [1.807, 2.05) is 30.3 Å². The topological polar surface area (TPSA) is 106 Å². The Hall–Kier alpha value is -3.48. The molecule has 3 aromatic heterocycles. The Kier molecular flexibility index (Phi) is 2.74. The van der Waals surface area contributed by atoms with Gasteiger partial charge in [-0.25, -0.2) is 9.31 Å². The monoisotopic (exact) mass is 305 g/mol. The number of carboxylic acid groups (broad SMARTS) is 1. The van der Waals surface area contributed by atoms with E-state index in [0.29, 0.717) is 5.56 Å². The number of carbonyl (C=O) groups is 1. The lowest BCUT2D eigenvalue weighted by atomic mass is 10.0. The Labute approximate surface area is 130 Å². The summed E-state index contributed by atoms with van der Waals surface area (Å²) >= 11 is 0. The van der Waals surface area contributed by atoms with Gasteiger partial charge in [0.2, 0.25) is 5.95 Å². The van der Waals surface area contributed by atoms with Crippen LogP contribution < -0.4 is 5.73 Å². The van der Waals surface area contributed by atoms with Crippen LogP contribution in [-0.2, 0) is 0 Å². The number of anilines is 1. The summed E-state index contributed by atoms with van der Waals surface area (Å²) in [6.45, 7) is 0. The van der Waals surface area contributed by atoms with Gasteiger partial charge in [0, 0.05) is 28.9 Å². The number of nitrogens with two attached hydrogens (primary N) is 1. The molecule has 0 atom stereocenters. The summed E-state index contributed by atoms with van der Waals surface area (Å²) in [7, 11) is 0. The highest BCUT2D eigenvalue weighted by Gasteiger charge is 2.16. The molecule has 0 radical (unpaired) electrons. The third-order valence-corrected chi connectivity index (χ3v) is 3.62. The Morgan fingerprint density at radius 2 is 2.04 bits per heavy atom. The minimum atomic E-state index is -1.09. The maximum Gasteiger partial charge on any atom is 0.339 e. The van der Waals surface area contributed by atoms with Gasteiger partial charge in [0.15, 0.2) is 5.65 Å². The van der Waals surface area contributed by atoms with Crippen molar-refractivity contribution in [3.8, 4) is 11.1 Å². The average Bonchev–Trinajstić information content (AvgIpc) is 2.93. The molecule has 4 rings (SSSR count). The Balaban J connectivity index is 2.07. The number of nitrogens with zero attached hydrogens (tertiary/aromatic N) is 4. The average molecular weight is 305 g/mol. The zero-order chi connectivity index (χ0) is 16.0. The van der Waals surface area contributed by atoms with E-state index in [1.165, 1.54) is 4.52 Å². The number of nitrogen functional groups attached to an aromatic ring is 1. The fourth-order valence-electron chi connectivity index (χ4n) is 2.64. The molecular formula is C16H11N5O2. The smallest absolute Gasteiger partial charge is 0.339 e. The van der Waals surface area contributed by atoms with Crippen molar-refractivity contribution >= 4 is 28.5 Å². The van der Waals surface area contributed by atoms with Crippen LogP contribution >= 0.6 is 0 Å². The highest BCUT2D eigenvalue weighted by molar-refractivity contribution is 5.99. The Bertz CT molecular complexity index is 1070. The van der Waals surface area contributed by atoms with Crippen LogP contribution in [0.15, 0.2) is 48.8 Å². The van der Waals surface area contributed by atoms with Crippen LogP contribution in [-0.4, -0.2) is 30.7 Å². The van der Waals surface area contributed by atoms with Crippen LogP contribution in [0.25, 0.3) is 27.7 Å². The van der Waals surface area contributed by atoms with Gasteiger partial charge in [0.25, 0.3) is 0 Å². The molecular weight excluding hydrogens is 294 g/mol. The van der Waals surface area contributed by atoms with Crippen molar-refractivity contribution in [1.82, 2.24) is 19.6 Å². The maximum absolute atomic E-state index is 11.5. The molecule has 4 aromatic rings. The number of hydrogen-bond acceptors (Lipinski definition) is 5. The van der Waals surface area contributed by atoms with Crippen LogP contribution in [0.2, 0.25) is 0 Å². The van der Waals surface area contributed by atoms with Gasteiger partial charge in [-0.15, -0.1) is 5.10 Å².